The van der Waals surface area contributed by atoms with Crippen molar-refractivity contribution < 1.29 is 19.0 Å². The van der Waals surface area contributed by atoms with Gasteiger partial charge in [-0.15, -0.1) is 0 Å². The lowest BCUT2D eigenvalue weighted by Crippen LogP contribution is -2.40. The van der Waals surface area contributed by atoms with Gasteiger partial charge < -0.3 is 19.5 Å². The van der Waals surface area contributed by atoms with Crippen LogP contribution >= 0.6 is 0 Å². The Balaban J connectivity index is 1.60. The summed E-state index contributed by atoms with van der Waals surface area (Å²) in [7, 11) is 1.54. The molecule has 1 aliphatic heterocycles. The second-order valence-corrected chi connectivity index (χ2v) is 4.91. The van der Waals surface area contributed by atoms with Gasteiger partial charge in [-0.25, -0.2) is 0 Å². The van der Waals surface area contributed by atoms with E-state index in [1.54, 1.807) is 25.3 Å². The molecule has 0 bridgehead atoms. The Morgan fingerprint density at radius 2 is 1.91 bits per heavy atom. The summed E-state index contributed by atoms with van der Waals surface area (Å²) in [5, 5.41) is 2.85. The fourth-order valence-electron chi connectivity index (χ4n) is 2.30. The Bertz CT molecular complexity index is 671. The van der Waals surface area contributed by atoms with Gasteiger partial charge in [0, 0.05) is 0 Å². The topological polar surface area (TPSA) is 56.8 Å². The van der Waals surface area contributed by atoms with Crippen molar-refractivity contribution in [3.63, 3.8) is 0 Å². The van der Waals surface area contributed by atoms with Gasteiger partial charge >= 0.3 is 0 Å². The minimum Gasteiger partial charge on any atom is -0.496 e. The van der Waals surface area contributed by atoms with Gasteiger partial charge in [-0.05, 0) is 24.3 Å². The number of amides is 1. The molecule has 1 amide bonds. The first kappa shape index (κ1) is 14.3. The van der Waals surface area contributed by atoms with Gasteiger partial charge in [-0.3, -0.25) is 4.79 Å². The molecule has 5 nitrogen and oxygen atoms in total. The number of carbonyl (C=O) groups is 1. The fourth-order valence-corrected chi connectivity index (χ4v) is 2.30. The third-order valence-corrected chi connectivity index (χ3v) is 3.41. The minimum absolute atomic E-state index is 0.195. The van der Waals surface area contributed by atoms with Crippen molar-refractivity contribution in [2.45, 2.75) is 6.10 Å². The molecular formula is C17H17NO4. The summed E-state index contributed by atoms with van der Waals surface area (Å²) in [6, 6.07) is 14.6. The van der Waals surface area contributed by atoms with Crippen LogP contribution in [0.5, 0.6) is 17.2 Å². The molecule has 0 aliphatic carbocycles. The number of nitrogens with one attached hydrogen (secondary N) is 1. The van der Waals surface area contributed by atoms with Gasteiger partial charge in [0.15, 0.2) is 11.5 Å². The molecule has 2 aromatic rings. The number of hydrogen-bond donors (Lipinski definition) is 1. The van der Waals surface area contributed by atoms with Crippen LogP contribution < -0.4 is 19.5 Å². The number of carbonyl (C=O) groups excluding carboxylic acids is 1. The maximum absolute atomic E-state index is 12.2. The third-order valence-electron chi connectivity index (χ3n) is 3.41. The number of ether oxygens (including phenoxy) is 3. The van der Waals surface area contributed by atoms with Crippen LogP contribution in [0.1, 0.15) is 10.4 Å². The molecule has 0 radical (unpaired) electrons. The normalized spacial score (nSPS) is 16.0. The highest BCUT2D eigenvalue weighted by atomic mass is 16.6. The van der Waals surface area contributed by atoms with Crippen molar-refractivity contribution in [1.29, 1.82) is 0 Å². The summed E-state index contributed by atoms with van der Waals surface area (Å²) in [4.78, 5) is 12.2. The lowest BCUT2D eigenvalue weighted by molar-refractivity contribution is 0.0787. The Labute approximate surface area is 128 Å². The van der Waals surface area contributed by atoms with E-state index in [9.17, 15) is 4.79 Å². The zero-order chi connectivity index (χ0) is 15.4. The van der Waals surface area contributed by atoms with E-state index in [0.717, 1.165) is 5.75 Å². The maximum atomic E-state index is 12.2. The maximum Gasteiger partial charge on any atom is 0.255 e. The zero-order valence-corrected chi connectivity index (χ0v) is 12.2. The van der Waals surface area contributed by atoms with Gasteiger partial charge in [-0.2, -0.15) is 0 Å². The minimum atomic E-state index is -0.214. The van der Waals surface area contributed by atoms with Gasteiger partial charge in [-0.1, -0.05) is 24.3 Å². The summed E-state index contributed by atoms with van der Waals surface area (Å²) in [5.41, 5.74) is 0.502. The molecule has 2 aromatic carbocycles. The Hall–Kier alpha value is -2.69. The molecule has 0 spiro atoms. The van der Waals surface area contributed by atoms with Crippen molar-refractivity contribution in [3.05, 3.63) is 54.1 Å². The molecule has 0 saturated heterocycles. The fraction of sp³-hybridized carbons (Fsp3) is 0.235. The Morgan fingerprint density at radius 3 is 2.73 bits per heavy atom. The van der Waals surface area contributed by atoms with E-state index in [4.69, 9.17) is 14.2 Å². The number of fused-ring (bicyclic) bond motifs is 1. The summed E-state index contributed by atoms with van der Waals surface area (Å²) in [6.07, 6.45) is -0.214. The van der Waals surface area contributed by atoms with Gasteiger partial charge in [0.05, 0.1) is 19.2 Å². The first-order valence-corrected chi connectivity index (χ1v) is 7.07. The van der Waals surface area contributed by atoms with E-state index >= 15 is 0 Å². The molecule has 114 valence electrons. The number of methoxy groups -OCH3 is 1. The molecule has 1 N–H and O–H groups in total. The number of para-hydroxylation sites is 3. The standard InChI is InChI=1S/C17H17NO4/c1-20-14-7-3-2-6-13(14)17(19)18-10-12-11-21-15-8-4-5-9-16(15)22-12/h2-9,12H,10-11H2,1H3,(H,18,19)/t12-/m0/s1. The number of hydrogen-bond acceptors (Lipinski definition) is 4. The Kier molecular flexibility index (Phi) is 4.14. The highest BCUT2D eigenvalue weighted by molar-refractivity contribution is 5.96. The van der Waals surface area contributed by atoms with E-state index < -0.39 is 0 Å². The average molecular weight is 299 g/mol. The molecule has 3 rings (SSSR count). The molecule has 22 heavy (non-hydrogen) atoms. The van der Waals surface area contributed by atoms with Crippen LogP contribution in [0.4, 0.5) is 0 Å². The summed E-state index contributed by atoms with van der Waals surface area (Å²) < 4.78 is 16.6. The van der Waals surface area contributed by atoms with Crippen LogP contribution in [0.2, 0.25) is 0 Å². The predicted molar refractivity (Wildman–Crippen MR) is 81.7 cm³/mol. The predicted octanol–water partition coefficient (Wildman–Crippen LogP) is 2.27. The molecule has 1 atom stereocenters. The highest BCUT2D eigenvalue weighted by Crippen LogP contribution is 2.30. The van der Waals surface area contributed by atoms with E-state index in [2.05, 4.69) is 5.32 Å². The molecule has 0 saturated carbocycles. The van der Waals surface area contributed by atoms with Crippen LogP contribution in [-0.2, 0) is 0 Å². The molecule has 0 unspecified atom stereocenters. The zero-order valence-electron chi connectivity index (χ0n) is 12.2. The molecule has 0 fully saturated rings. The average Bonchev–Trinajstić information content (AvgIpc) is 2.59. The van der Waals surface area contributed by atoms with Crippen LogP contribution in [0.15, 0.2) is 48.5 Å². The number of rotatable bonds is 4. The lowest BCUT2D eigenvalue weighted by Gasteiger charge is -2.26. The van der Waals surface area contributed by atoms with Gasteiger partial charge in [0.25, 0.3) is 5.91 Å². The van der Waals surface area contributed by atoms with E-state index in [-0.39, 0.29) is 12.0 Å². The van der Waals surface area contributed by atoms with Gasteiger partial charge in [0.1, 0.15) is 18.5 Å². The Morgan fingerprint density at radius 1 is 1.18 bits per heavy atom. The quantitative estimate of drug-likeness (QED) is 0.941. The van der Waals surface area contributed by atoms with E-state index in [0.29, 0.717) is 30.2 Å². The lowest BCUT2D eigenvalue weighted by atomic mass is 10.2. The summed E-state index contributed by atoms with van der Waals surface area (Å²) in [6.45, 7) is 0.772. The second-order valence-electron chi connectivity index (χ2n) is 4.91. The number of benzene rings is 2. The summed E-state index contributed by atoms with van der Waals surface area (Å²) in [5.74, 6) is 1.78. The van der Waals surface area contributed by atoms with Crippen LogP contribution in [0.3, 0.4) is 0 Å². The van der Waals surface area contributed by atoms with Crippen molar-refractivity contribution in [1.82, 2.24) is 5.32 Å². The van der Waals surface area contributed by atoms with Crippen molar-refractivity contribution in [2.24, 2.45) is 0 Å². The first-order valence-electron chi connectivity index (χ1n) is 7.07. The molecule has 1 aliphatic rings. The van der Waals surface area contributed by atoms with Crippen molar-refractivity contribution >= 4 is 5.91 Å². The molecule has 0 aromatic heterocycles. The van der Waals surface area contributed by atoms with Crippen LogP contribution in [-0.4, -0.2) is 32.3 Å². The van der Waals surface area contributed by atoms with Crippen LogP contribution in [0.25, 0.3) is 0 Å². The molecular weight excluding hydrogens is 282 g/mol. The molecule has 1 heterocycles. The summed E-state index contributed by atoms with van der Waals surface area (Å²) >= 11 is 0. The first-order chi connectivity index (χ1) is 10.8. The van der Waals surface area contributed by atoms with E-state index in [1.807, 2.05) is 30.3 Å². The van der Waals surface area contributed by atoms with Crippen molar-refractivity contribution in [2.75, 3.05) is 20.3 Å². The SMILES string of the molecule is COc1ccccc1C(=O)NC[C@H]1COc2ccccc2O1. The third kappa shape index (κ3) is 2.98. The van der Waals surface area contributed by atoms with E-state index in [1.165, 1.54) is 0 Å². The van der Waals surface area contributed by atoms with Gasteiger partial charge in [0.2, 0.25) is 0 Å². The monoisotopic (exact) mass is 299 g/mol. The molecule has 5 heteroatoms. The van der Waals surface area contributed by atoms with Crippen LogP contribution in [0, 0.1) is 0 Å². The van der Waals surface area contributed by atoms with Crippen molar-refractivity contribution in [3.8, 4) is 17.2 Å². The largest absolute Gasteiger partial charge is 0.496 e. The smallest absolute Gasteiger partial charge is 0.255 e. The highest BCUT2D eigenvalue weighted by Gasteiger charge is 2.21. The second kappa shape index (κ2) is 6.39.